The molecule has 1 aliphatic rings. The van der Waals surface area contributed by atoms with Crippen LogP contribution in [0.3, 0.4) is 0 Å². The van der Waals surface area contributed by atoms with Crippen LogP contribution in [0, 0.1) is 0 Å². The van der Waals surface area contributed by atoms with Gasteiger partial charge in [0.05, 0.1) is 0 Å². The fourth-order valence-corrected chi connectivity index (χ4v) is 1.69. The van der Waals surface area contributed by atoms with Crippen LogP contribution in [-0.2, 0) is 4.79 Å². The van der Waals surface area contributed by atoms with E-state index in [9.17, 15) is 4.79 Å². The number of carbonyl (C=O) groups is 1. The van der Waals surface area contributed by atoms with E-state index in [0.29, 0.717) is 11.9 Å². The molecule has 1 fully saturated rings. The largest absolute Gasteiger partial charge is 0.339 e. The van der Waals surface area contributed by atoms with Crippen molar-refractivity contribution in [1.29, 1.82) is 0 Å². The van der Waals surface area contributed by atoms with Gasteiger partial charge >= 0.3 is 0 Å². The van der Waals surface area contributed by atoms with Gasteiger partial charge < -0.3 is 4.90 Å². The average molecular weight is 253 g/mol. The normalized spacial score (nSPS) is 21.8. The topological polar surface area (TPSA) is 20.3 Å². The molecule has 0 aromatic heterocycles. The molecule has 0 aromatic carbocycles. The maximum absolute atomic E-state index is 11.1. The van der Waals surface area contributed by atoms with Gasteiger partial charge in [0.1, 0.15) is 0 Å². The van der Waals surface area contributed by atoms with Crippen molar-refractivity contribution in [1.82, 2.24) is 4.90 Å². The van der Waals surface area contributed by atoms with Crippen molar-refractivity contribution < 1.29 is 4.79 Å². The minimum Gasteiger partial charge on any atom is -0.339 e. The number of nitrogens with zero attached hydrogens (tertiary/aromatic N) is 1. The Kier molecular flexibility index (Phi) is 2.95. The third-order valence-corrected chi connectivity index (χ3v) is 3.14. The van der Waals surface area contributed by atoms with Crippen LogP contribution in [0.2, 0.25) is 0 Å². The Morgan fingerprint density at radius 2 is 2.50 bits per heavy atom. The highest BCUT2D eigenvalue weighted by atomic mass is 127. The second-order valence-electron chi connectivity index (χ2n) is 2.69. The van der Waals surface area contributed by atoms with E-state index >= 15 is 0 Å². The summed E-state index contributed by atoms with van der Waals surface area (Å²) < 4.78 is 1.05. The lowest BCUT2D eigenvalue weighted by molar-refractivity contribution is -0.128. The summed E-state index contributed by atoms with van der Waals surface area (Å²) in [5, 5.41) is 0. The van der Waals surface area contributed by atoms with Crippen LogP contribution in [0.15, 0.2) is 0 Å². The summed E-state index contributed by atoms with van der Waals surface area (Å²) in [5.41, 5.74) is 0. The van der Waals surface area contributed by atoms with Crippen molar-refractivity contribution in [3.05, 3.63) is 0 Å². The summed E-state index contributed by atoms with van der Waals surface area (Å²) in [6.07, 6.45) is 1.82. The molecule has 0 bridgehead atoms. The summed E-state index contributed by atoms with van der Waals surface area (Å²) in [6, 6.07) is 0.440. The molecule has 1 amide bonds. The highest BCUT2D eigenvalue weighted by Gasteiger charge is 2.23. The van der Waals surface area contributed by atoms with E-state index in [1.54, 1.807) is 0 Å². The Labute approximate surface area is 75.1 Å². The van der Waals surface area contributed by atoms with Crippen molar-refractivity contribution in [3.63, 3.8) is 0 Å². The highest BCUT2D eigenvalue weighted by molar-refractivity contribution is 14.1. The lowest BCUT2D eigenvalue weighted by Gasteiger charge is -2.21. The predicted molar refractivity (Wildman–Crippen MR) is 49.3 cm³/mol. The Balaban J connectivity index is 2.46. The van der Waals surface area contributed by atoms with E-state index in [1.165, 1.54) is 0 Å². The average Bonchev–Trinajstić information content (AvgIpc) is 2.34. The highest BCUT2D eigenvalue weighted by Crippen LogP contribution is 2.14. The van der Waals surface area contributed by atoms with Crippen molar-refractivity contribution in [2.24, 2.45) is 0 Å². The summed E-state index contributed by atoms with van der Waals surface area (Å²) in [6.45, 7) is 3.08. The molecule has 0 saturated carbocycles. The number of rotatable bonds is 2. The third kappa shape index (κ3) is 1.62. The van der Waals surface area contributed by atoms with Crippen LogP contribution in [0.1, 0.15) is 19.8 Å². The van der Waals surface area contributed by atoms with Crippen LogP contribution in [0.25, 0.3) is 0 Å². The first-order valence-electron chi connectivity index (χ1n) is 3.61. The molecule has 2 nitrogen and oxygen atoms in total. The van der Waals surface area contributed by atoms with Crippen molar-refractivity contribution in [2.75, 3.05) is 11.0 Å². The van der Waals surface area contributed by atoms with Gasteiger partial charge in [-0.2, -0.15) is 0 Å². The molecule has 0 aliphatic carbocycles. The van der Waals surface area contributed by atoms with Gasteiger partial charge in [-0.15, -0.1) is 0 Å². The van der Waals surface area contributed by atoms with Crippen LogP contribution >= 0.6 is 22.6 Å². The summed E-state index contributed by atoms with van der Waals surface area (Å²) in [5.74, 6) is 0.337. The number of carbonyl (C=O) groups excluding carboxylic acids is 1. The molecule has 58 valence electrons. The van der Waals surface area contributed by atoms with E-state index < -0.39 is 0 Å². The SMILES string of the molecule is CC(CI)N1CCCC1=O. The Morgan fingerprint density at radius 3 is 2.90 bits per heavy atom. The van der Waals surface area contributed by atoms with Gasteiger partial charge in [0, 0.05) is 23.4 Å². The number of amides is 1. The molecule has 1 aliphatic heterocycles. The monoisotopic (exact) mass is 253 g/mol. The first kappa shape index (κ1) is 8.30. The molecule has 0 aromatic rings. The summed E-state index contributed by atoms with van der Waals surface area (Å²) >= 11 is 2.32. The molecule has 1 saturated heterocycles. The third-order valence-electron chi connectivity index (χ3n) is 1.87. The zero-order valence-corrected chi connectivity index (χ0v) is 8.30. The quantitative estimate of drug-likeness (QED) is 0.538. The predicted octanol–water partition coefficient (Wildman–Crippen LogP) is 1.43. The lowest BCUT2D eigenvalue weighted by Crippen LogP contribution is -2.34. The molecule has 0 spiro atoms. The zero-order valence-electron chi connectivity index (χ0n) is 6.14. The molecule has 1 heterocycles. The van der Waals surface area contributed by atoms with Gasteiger partial charge in [-0.3, -0.25) is 4.79 Å². The van der Waals surface area contributed by atoms with Gasteiger partial charge in [0.15, 0.2) is 0 Å². The number of halogens is 1. The molecule has 0 radical (unpaired) electrons. The Morgan fingerprint density at radius 1 is 1.80 bits per heavy atom. The number of likely N-dealkylation sites (tertiary alicyclic amines) is 1. The van der Waals surface area contributed by atoms with Crippen LogP contribution in [0.4, 0.5) is 0 Å². The zero-order chi connectivity index (χ0) is 7.56. The minimum absolute atomic E-state index is 0.337. The Hall–Kier alpha value is 0.200. The fourth-order valence-electron chi connectivity index (χ4n) is 1.22. The first-order chi connectivity index (χ1) is 4.75. The molecule has 1 atom stereocenters. The lowest BCUT2D eigenvalue weighted by atomic mass is 10.3. The van der Waals surface area contributed by atoms with E-state index in [0.717, 1.165) is 23.8 Å². The van der Waals surface area contributed by atoms with Crippen LogP contribution < -0.4 is 0 Å². The second-order valence-corrected chi connectivity index (χ2v) is 3.57. The molecular weight excluding hydrogens is 241 g/mol. The summed E-state index contributed by atoms with van der Waals surface area (Å²) in [4.78, 5) is 13.1. The number of hydrogen-bond donors (Lipinski definition) is 0. The molecule has 0 N–H and O–H groups in total. The molecular formula is C7H12INO. The van der Waals surface area contributed by atoms with Crippen molar-refractivity contribution in [3.8, 4) is 0 Å². The molecule has 3 heteroatoms. The molecule has 1 rings (SSSR count). The van der Waals surface area contributed by atoms with E-state index in [2.05, 4.69) is 29.5 Å². The summed E-state index contributed by atoms with van der Waals surface area (Å²) in [7, 11) is 0. The van der Waals surface area contributed by atoms with Gasteiger partial charge in [-0.25, -0.2) is 0 Å². The maximum atomic E-state index is 11.1. The second kappa shape index (κ2) is 3.55. The van der Waals surface area contributed by atoms with E-state index in [1.807, 2.05) is 4.90 Å². The van der Waals surface area contributed by atoms with Crippen molar-refractivity contribution >= 4 is 28.5 Å². The Bertz CT molecular complexity index is 138. The molecule has 1 unspecified atom stereocenters. The van der Waals surface area contributed by atoms with E-state index in [-0.39, 0.29) is 0 Å². The van der Waals surface area contributed by atoms with Crippen LogP contribution in [0.5, 0.6) is 0 Å². The first-order valence-corrected chi connectivity index (χ1v) is 5.13. The standard InChI is InChI=1S/C7H12INO/c1-6(5-8)9-4-2-3-7(9)10/h6H,2-5H2,1H3. The number of alkyl halides is 1. The van der Waals surface area contributed by atoms with E-state index in [4.69, 9.17) is 0 Å². The van der Waals surface area contributed by atoms with Gasteiger partial charge in [0.2, 0.25) is 5.91 Å². The van der Waals surface area contributed by atoms with Crippen molar-refractivity contribution in [2.45, 2.75) is 25.8 Å². The number of hydrogen-bond acceptors (Lipinski definition) is 1. The fraction of sp³-hybridized carbons (Fsp3) is 0.857. The minimum atomic E-state index is 0.337. The van der Waals surface area contributed by atoms with Gasteiger partial charge in [-0.05, 0) is 13.3 Å². The molecule has 10 heavy (non-hydrogen) atoms. The van der Waals surface area contributed by atoms with Crippen LogP contribution in [-0.4, -0.2) is 27.8 Å². The maximum Gasteiger partial charge on any atom is 0.222 e. The van der Waals surface area contributed by atoms with Gasteiger partial charge in [0.25, 0.3) is 0 Å². The van der Waals surface area contributed by atoms with Gasteiger partial charge in [-0.1, -0.05) is 22.6 Å². The smallest absolute Gasteiger partial charge is 0.222 e.